The Balaban J connectivity index is 0. The van der Waals surface area contributed by atoms with E-state index in [1.165, 1.54) is 0 Å². The molecule has 0 bridgehead atoms. The van der Waals surface area contributed by atoms with Crippen molar-refractivity contribution in [3.8, 4) is 0 Å². The third kappa shape index (κ3) is 8.57. The van der Waals surface area contributed by atoms with E-state index in [1.54, 1.807) is 0 Å². The van der Waals surface area contributed by atoms with E-state index in [-0.39, 0.29) is 65.0 Å². The van der Waals surface area contributed by atoms with Crippen LogP contribution in [0.3, 0.4) is 0 Å². The van der Waals surface area contributed by atoms with Crippen molar-refractivity contribution < 1.29 is 14.7 Å². The molecule has 0 aliphatic carbocycles. The molecule has 2 N–H and O–H groups in total. The number of hydrogen-bond acceptors (Lipinski definition) is 2. The van der Waals surface area contributed by atoms with Crippen molar-refractivity contribution in [2.24, 2.45) is 5.92 Å². The molecule has 1 aromatic carbocycles. The van der Waals surface area contributed by atoms with Crippen molar-refractivity contribution >= 4 is 144 Å². The maximum absolute atomic E-state index is 11.9. The molecule has 0 spiro atoms. The number of carboxylic acid groups (broad SMARTS) is 1. The molecular formula is C15H20I3NNa2O3. The molecule has 1 unspecified atom stereocenters. The van der Waals surface area contributed by atoms with E-state index in [1.807, 2.05) is 19.9 Å². The number of aliphatic carboxylic acids is 1. The Morgan fingerprint density at radius 1 is 1.17 bits per heavy atom. The van der Waals surface area contributed by atoms with E-state index in [4.69, 9.17) is 0 Å². The van der Waals surface area contributed by atoms with Gasteiger partial charge in [-0.1, -0.05) is 13.8 Å². The molecule has 0 aliphatic rings. The monoisotopic (exact) mass is 689 g/mol. The average Bonchev–Trinajstić information content (AvgIpc) is 2.43. The fraction of sp³-hybridized carbons (Fsp3) is 0.467. The zero-order valence-corrected chi connectivity index (χ0v) is 18.9. The molecule has 9 heteroatoms. The van der Waals surface area contributed by atoms with Crippen molar-refractivity contribution in [2.45, 2.75) is 39.5 Å². The van der Waals surface area contributed by atoms with Crippen LogP contribution in [0.4, 0.5) is 5.69 Å². The zero-order valence-electron chi connectivity index (χ0n) is 12.4. The Labute approximate surface area is 228 Å². The second kappa shape index (κ2) is 14.4. The van der Waals surface area contributed by atoms with E-state index in [2.05, 4.69) is 73.1 Å². The van der Waals surface area contributed by atoms with E-state index in [9.17, 15) is 14.7 Å². The van der Waals surface area contributed by atoms with Crippen molar-refractivity contribution in [3.63, 3.8) is 0 Å². The van der Waals surface area contributed by atoms with Crippen LogP contribution >= 0.6 is 67.8 Å². The standard InChI is InChI=1S/C15H18I3NO3.2Na.2H/c1-3-5-12(20)19-14-11(17)7-10(16)9(13(14)18)6-8(4-2)15(21)22;;;;/h7-8H,3-6H2,1-2H3,(H,19,20)(H,21,22);;;;. The molecular weight excluding hydrogens is 669 g/mol. The molecule has 1 amide bonds. The first kappa shape index (κ1) is 28.6. The molecule has 0 aromatic heterocycles. The Bertz CT molecular complexity index is 586. The molecule has 126 valence electrons. The third-order valence-corrected chi connectivity index (χ3v) is 6.30. The Kier molecular flexibility index (Phi) is 17.1. The van der Waals surface area contributed by atoms with Crippen LogP contribution in [0.15, 0.2) is 6.07 Å². The van der Waals surface area contributed by atoms with E-state index >= 15 is 0 Å². The molecule has 0 saturated carbocycles. The zero-order chi connectivity index (χ0) is 16.9. The van der Waals surface area contributed by atoms with Crippen LogP contribution in [0.1, 0.15) is 38.7 Å². The van der Waals surface area contributed by atoms with Gasteiger partial charge >= 0.3 is 65.1 Å². The second-order valence-electron chi connectivity index (χ2n) is 4.95. The van der Waals surface area contributed by atoms with Crippen LogP contribution in [0.2, 0.25) is 0 Å². The Morgan fingerprint density at radius 3 is 2.21 bits per heavy atom. The summed E-state index contributed by atoms with van der Waals surface area (Å²) < 4.78 is 2.96. The average molecular weight is 689 g/mol. The summed E-state index contributed by atoms with van der Waals surface area (Å²) in [6.07, 6.45) is 2.36. The van der Waals surface area contributed by atoms with Crippen molar-refractivity contribution in [1.82, 2.24) is 0 Å². The number of carboxylic acids is 1. The molecule has 1 atom stereocenters. The molecule has 24 heavy (non-hydrogen) atoms. The minimum absolute atomic E-state index is 0. The van der Waals surface area contributed by atoms with Gasteiger partial charge in [0.05, 0.1) is 11.6 Å². The topological polar surface area (TPSA) is 66.4 Å². The maximum atomic E-state index is 11.9. The van der Waals surface area contributed by atoms with Gasteiger partial charge in [0.15, 0.2) is 0 Å². The number of nitrogens with one attached hydrogen (secondary N) is 1. The first-order valence-electron chi connectivity index (χ1n) is 7.00. The van der Waals surface area contributed by atoms with Crippen LogP contribution in [0, 0.1) is 16.6 Å². The van der Waals surface area contributed by atoms with Gasteiger partial charge in [0, 0.05) is 17.1 Å². The second-order valence-corrected chi connectivity index (χ2v) is 8.36. The summed E-state index contributed by atoms with van der Waals surface area (Å²) in [5.41, 5.74) is 1.80. The predicted octanol–water partition coefficient (Wildman–Crippen LogP) is 3.60. The molecule has 0 saturated heterocycles. The van der Waals surface area contributed by atoms with Gasteiger partial charge in [-0.2, -0.15) is 0 Å². The fourth-order valence-electron chi connectivity index (χ4n) is 2.01. The quantitative estimate of drug-likeness (QED) is 0.340. The van der Waals surface area contributed by atoms with Crippen LogP contribution in [-0.2, 0) is 16.0 Å². The van der Waals surface area contributed by atoms with Gasteiger partial charge in [-0.25, -0.2) is 0 Å². The molecule has 1 aromatic rings. The first-order valence-corrected chi connectivity index (χ1v) is 10.2. The number of hydrogen-bond donors (Lipinski definition) is 2. The summed E-state index contributed by atoms with van der Waals surface area (Å²) >= 11 is 6.65. The Hall–Kier alpha value is 2.35. The van der Waals surface area contributed by atoms with E-state index in [0.29, 0.717) is 19.3 Å². The summed E-state index contributed by atoms with van der Waals surface area (Å²) in [6.45, 7) is 3.85. The van der Waals surface area contributed by atoms with E-state index in [0.717, 1.165) is 28.4 Å². The minimum atomic E-state index is -0.774. The van der Waals surface area contributed by atoms with Gasteiger partial charge in [-0.05, 0) is 98.7 Å². The molecule has 0 radical (unpaired) electrons. The number of carbonyl (C=O) groups excluding carboxylic acids is 1. The number of carbonyl (C=O) groups is 2. The summed E-state index contributed by atoms with van der Waals surface area (Å²) in [5.74, 6) is -1.18. The third-order valence-electron chi connectivity index (χ3n) is 3.30. The first-order chi connectivity index (χ1) is 10.3. The van der Waals surface area contributed by atoms with Crippen LogP contribution in [-0.4, -0.2) is 76.1 Å². The van der Waals surface area contributed by atoms with Gasteiger partial charge < -0.3 is 10.4 Å². The number of rotatable bonds is 7. The van der Waals surface area contributed by atoms with Gasteiger partial charge in [0.1, 0.15) is 0 Å². The van der Waals surface area contributed by atoms with Gasteiger partial charge in [0.25, 0.3) is 0 Å². The molecule has 1 rings (SSSR count). The summed E-state index contributed by atoms with van der Waals surface area (Å²) in [5, 5.41) is 12.2. The SMILES string of the molecule is CCCC(=O)Nc1c(I)cc(I)c(CC(CC)C(=O)O)c1I.[NaH].[NaH]. The van der Waals surface area contributed by atoms with Gasteiger partial charge in [-0.15, -0.1) is 0 Å². The normalized spacial score (nSPS) is 11.0. The summed E-state index contributed by atoms with van der Waals surface area (Å²) in [4.78, 5) is 23.2. The molecule has 0 fully saturated rings. The van der Waals surface area contributed by atoms with Gasteiger partial charge in [-0.3, -0.25) is 9.59 Å². The molecule has 0 aliphatic heterocycles. The van der Waals surface area contributed by atoms with Crippen LogP contribution < -0.4 is 5.32 Å². The summed E-state index contributed by atoms with van der Waals surface area (Å²) in [7, 11) is 0. The molecule has 4 nitrogen and oxygen atoms in total. The fourth-order valence-corrected chi connectivity index (χ4v) is 6.10. The van der Waals surface area contributed by atoms with Crippen molar-refractivity contribution in [3.05, 3.63) is 22.3 Å². The van der Waals surface area contributed by atoms with Crippen LogP contribution in [0.25, 0.3) is 0 Å². The predicted molar refractivity (Wildman–Crippen MR) is 128 cm³/mol. The van der Waals surface area contributed by atoms with Crippen LogP contribution in [0.5, 0.6) is 0 Å². The molecule has 0 heterocycles. The number of anilines is 1. The number of halogens is 3. The number of benzene rings is 1. The Morgan fingerprint density at radius 2 is 1.75 bits per heavy atom. The number of amides is 1. The summed E-state index contributed by atoms with van der Waals surface area (Å²) in [6, 6.07) is 1.99. The van der Waals surface area contributed by atoms with Crippen molar-refractivity contribution in [1.29, 1.82) is 0 Å². The van der Waals surface area contributed by atoms with Gasteiger partial charge in [0.2, 0.25) is 5.91 Å². The van der Waals surface area contributed by atoms with E-state index < -0.39 is 11.9 Å². The van der Waals surface area contributed by atoms with Crippen molar-refractivity contribution in [2.75, 3.05) is 5.32 Å².